The smallest absolute Gasteiger partial charge is 0.349 e. The lowest BCUT2D eigenvalue weighted by Crippen LogP contribution is -2.31. The van der Waals surface area contributed by atoms with Crippen LogP contribution in [-0.2, 0) is 4.79 Å². The molecule has 0 aliphatic rings. The third-order valence-electron chi connectivity index (χ3n) is 4.29. The molecule has 0 spiro atoms. The maximum absolute atomic E-state index is 12.2. The summed E-state index contributed by atoms with van der Waals surface area (Å²) in [6.45, 7) is 5.98. The standard InChI is InChI=1S/C23H23NO6/c1-14(2)12-24-22(26)18-10-16-8-9-17(11-20(16)30-23(18)27)29-21(25)13-28-19-7-5-4-6-15(19)3/h4-11,14H,12-13H2,1-3H3,(H,24,26). The zero-order valence-corrected chi connectivity index (χ0v) is 17.1. The molecule has 0 aliphatic heterocycles. The maximum Gasteiger partial charge on any atom is 0.349 e. The van der Waals surface area contributed by atoms with E-state index < -0.39 is 17.5 Å². The van der Waals surface area contributed by atoms with Gasteiger partial charge in [0.2, 0.25) is 0 Å². The molecular formula is C23H23NO6. The van der Waals surface area contributed by atoms with E-state index in [2.05, 4.69) is 5.32 Å². The van der Waals surface area contributed by atoms with E-state index in [1.165, 1.54) is 12.1 Å². The molecule has 7 heteroatoms. The molecule has 0 radical (unpaired) electrons. The predicted molar refractivity (Wildman–Crippen MR) is 112 cm³/mol. The van der Waals surface area contributed by atoms with Crippen molar-refractivity contribution in [3.63, 3.8) is 0 Å². The first kappa shape index (κ1) is 21.1. The summed E-state index contributed by atoms with van der Waals surface area (Å²) in [5.74, 6) is -0.00964. The van der Waals surface area contributed by atoms with E-state index >= 15 is 0 Å². The number of hydrogen-bond donors (Lipinski definition) is 1. The van der Waals surface area contributed by atoms with Crippen molar-refractivity contribution in [2.75, 3.05) is 13.2 Å². The number of amides is 1. The highest BCUT2D eigenvalue weighted by molar-refractivity contribution is 5.96. The number of hydrogen-bond acceptors (Lipinski definition) is 6. The summed E-state index contributed by atoms with van der Waals surface area (Å²) in [7, 11) is 0. The number of para-hydroxylation sites is 1. The molecular weight excluding hydrogens is 386 g/mol. The number of fused-ring (bicyclic) bond motifs is 1. The predicted octanol–water partition coefficient (Wildman–Crippen LogP) is 3.47. The molecule has 3 rings (SSSR count). The zero-order valence-electron chi connectivity index (χ0n) is 17.1. The first-order valence-electron chi connectivity index (χ1n) is 9.58. The molecule has 0 aliphatic carbocycles. The number of nitrogens with one attached hydrogen (secondary N) is 1. The third kappa shape index (κ3) is 5.26. The molecule has 1 N–H and O–H groups in total. The van der Waals surface area contributed by atoms with Crippen molar-refractivity contribution in [3.05, 3.63) is 70.1 Å². The summed E-state index contributed by atoms with van der Waals surface area (Å²) in [6.07, 6.45) is 0. The van der Waals surface area contributed by atoms with E-state index in [9.17, 15) is 14.4 Å². The van der Waals surface area contributed by atoms with Gasteiger partial charge in [0, 0.05) is 18.0 Å². The zero-order chi connectivity index (χ0) is 21.7. The minimum Gasteiger partial charge on any atom is -0.482 e. The van der Waals surface area contributed by atoms with Crippen LogP contribution in [0.1, 0.15) is 29.8 Å². The van der Waals surface area contributed by atoms with Gasteiger partial charge in [-0.05, 0) is 42.7 Å². The number of rotatable bonds is 7. The lowest BCUT2D eigenvalue weighted by molar-refractivity contribution is -0.136. The molecule has 0 saturated carbocycles. The molecule has 7 nitrogen and oxygen atoms in total. The first-order valence-corrected chi connectivity index (χ1v) is 9.58. The lowest BCUT2D eigenvalue weighted by atomic mass is 10.1. The van der Waals surface area contributed by atoms with E-state index in [1.807, 2.05) is 39.0 Å². The number of aryl methyl sites for hydroxylation is 1. The van der Waals surface area contributed by atoms with Crippen LogP contribution in [0.2, 0.25) is 0 Å². The van der Waals surface area contributed by atoms with Gasteiger partial charge >= 0.3 is 11.6 Å². The van der Waals surface area contributed by atoms with Gasteiger partial charge in [-0.2, -0.15) is 0 Å². The van der Waals surface area contributed by atoms with Crippen molar-refractivity contribution in [3.8, 4) is 11.5 Å². The van der Waals surface area contributed by atoms with Crippen LogP contribution in [-0.4, -0.2) is 25.0 Å². The Hall–Kier alpha value is -3.61. The normalized spacial score (nSPS) is 10.8. The Morgan fingerprint density at radius 2 is 1.87 bits per heavy atom. The quantitative estimate of drug-likeness (QED) is 0.365. The van der Waals surface area contributed by atoms with Crippen molar-refractivity contribution in [2.24, 2.45) is 5.92 Å². The van der Waals surface area contributed by atoms with Gasteiger partial charge in [-0.25, -0.2) is 9.59 Å². The summed E-state index contributed by atoms with van der Waals surface area (Å²) in [6, 6.07) is 13.4. The van der Waals surface area contributed by atoms with Gasteiger partial charge in [-0.15, -0.1) is 0 Å². The maximum atomic E-state index is 12.2. The fourth-order valence-electron chi connectivity index (χ4n) is 2.72. The molecule has 2 aromatic carbocycles. The Balaban J connectivity index is 1.70. The van der Waals surface area contributed by atoms with Crippen molar-refractivity contribution in [1.29, 1.82) is 0 Å². The van der Waals surface area contributed by atoms with Crippen LogP contribution in [0.4, 0.5) is 0 Å². The number of ether oxygens (including phenoxy) is 2. The SMILES string of the molecule is Cc1ccccc1OCC(=O)Oc1ccc2cc(C(=O)NCC(C)C)c(=O)oc2c1. The largest absolute Gasteiger partial charge is 0.482 e. The van der Waals surface area contributed by atoms with Crippen LogP contribution in [0.5, 0.6) is 11.5 Å². The highest BCUT2D eigenvalue weighted by atomic mass is 16.6. The molecule has 156 valence electrons. The van der Waals surface area contributed by atoms with Gasteiger partial charge < -0.3 is 19.2 Å². The Kier molecular flexibility index (Phi) is 6.51. The minimum atomic E-state index is -0.755. The van der Waals surface area contributed by atoms with E-state index in [0.717, 1.165) is 5.56 Å². The van der Waals surface area contributed by atoms with Crippen molar-refractivity contribution in [1.82, 2.24) is 5.32 Å². The molecule has 0 unspecified atom stereocenters. The van der Waals surface area contributed by atoms with Gasteiger partial charge in [-0.3, -0.25) is 4.79 Å². The molecule has 1 aromatic heterocycles. The molecule has 0 fully saturated rings. The Labute approximate surface area is 173 Å². The van der Waals surface area contributed by atoms with Gasteiger partial charge in [0.25, 0.3) is 5.91 Å². The lowest BCUT2D eigenvalue weighted by Gasteiger charge is -2.09. The summed E-state index contributed by atoms with van der Waals surface area (Å²) in [4.78, 5) is 36.5. The Bertz CT molecular complexity index is 1130. The average Bonchev–Trinajstić information content (AvgIpc) is 2.71. The van der Waals surface area contributed by atoms with Crippen LogP contribution >= 0.6 is 0 Å². The van der Waals surface area contributed by atoms with Crippen LogP contribution in [0.3, 0.4) is 0 Å². The minimum absolute atomic E-state index is 0.0699. The fourth-order valence-corrected chi connectivity index (χ4v) is 2.72. The highest BCUT2D eigenvalue weighted by Gasteiger charge is 2.15. The molecule has 0 atom stereocenters. The van der Waals surface area contributed by atoms with Crippen LogP contribution in [0.25, 0.3) is 11.0 Å². The summed E-state index contributed by atoms with van der Waals surface area (Å²) >= 11 is 0. The summed E-state index contributed by atoms with van der Waals surface area (Å²) in [5, 5.41) is 3.23. The van der Waals surface area contributed by atoms with Gasteiger partial charge in [-0.1, -0.05) is 32.0 Å². The summed E-state index contributed by atoms with van der Waals surface area (Å²) in [5.41, 5.74) is 0.297. The van der Waals surface area contributed by atoms with E-state index in [1.54, 1.807) is 18.2 Å². The second-order valence-electron chi connectivity index (χ2n) is 7.28. The van der Waals surface area contributed by atoms with Crippen molar-refractivity contribution < 1.29 is 23.5 Å². The van der Waals surface area contributed by atoms with Gasteiger partial charge in [0.1, 0.15) is 22.6 Å². The number of benzene rings is 2. The molecule has 1 amide bonds. The Morgan fingerprint density at radius 3 is 2.60 bits per heavy atom. The van der Waals surface area contributed by atoms with Crippen LogP contribution < -0.4 is 20.4 Å². The Morgan fingerprint density at radius 1 is 1.10 bits per heavy atom. The van der Waals surface area contributed by atoms with E-state index in [4.69, 9.17) is 13.9 Å². The average molecular weight is 409 g/mol. The molecule has 3 aromatic rings. The summed E-state index contributed by atoms with van der Waals surface area (Å²) < 4.78 is 16.0. The number of esters is 1. The third-order valence-corrected chi connectivity index (χ3v) is 4.29. The topological polar surface area (TPSA) is 94.8 Å². The molecule has 0 saturated heterocycles. The second-order valence-corrected chi connectivity index (χ2v) is 7.28. The van der Waals surface area contributed by atoms with Gasteiger partial charge in [0.05, 0.1) is 0 Å². The first-order chi connectivity index (χ1) is 14.3. The van der Waals surface area contributed by atoms with Crippen molar-refractivity contribution in [2.45, 2.75) is 20.8 Å². The molecule has 0 bridgehead atoms. The molecule has 30 heavy (non-hydrogen) atoms. The van der Waals surface area contributed by atoms with Crippen LogP contribution in [0.15, 0.2) is 57.7 Å². The molecule has 1 heterocycles. The van der Waals surface area contributed by atoms with E-state index in [-0.39, 0.29) is 29.4 Å². The monoisotopic (exact) mass is 409 g/mol. The fraction of sp³-hybridized carbons (Fsp3) is 0.261. The van der Waals surface area contributed by atoms with E-state index in [0.29, 0.717) is 17.7 Å². The number of carbonyl (C=O) groups excluding carboxylic acids is 2. The van der Waals surface area contributed by atoms with Crippen molar-refractivity contribution >= 4 is 22.8 Å². The van der Waals surface area contributed by atoms with Gasteiger partial charge in [0.15, 0.2) is 6.61 Å². The second kappa shape index (κ2) is 9.26. The van der Waals surface area contributed by atoms with Crippen LogP contribution in [0, 0.1) is 12.8 Å². The number of carbonyl (C=O) groups is 2. The highest BCUT2D eigenvalue weighted by Crippen LogP contribution is 2.21.